The summed E-state index contributed by atoms with van der Waals surface area (Å²) in [6.07, 6.45) is 3.80. The minimum absolute atomic E-state index is 0.0419. The predicted molar refractivity (Wildman–Crippen MR) is 118 cm³/mol. The normalized spacial score (nSPS) is 23.3. The van der Waals surface area contributed by atoms with Gasteiger partial charge in [-0.15, -0.1) is 0 Å². The van der Waals surface area contributed by atoms with Gasteiger partial charge < -0.3 is 15.0 Å². The summed E-state index contributed by atoms with van der Waals surface area (Å²) < 4.78 is 8.42. The molecule has 7 heteroatoms. The van der Waals surface area contributed by atoms with Gasteiger partial charge in [-0.05, 0) is 38.8 Å². The quantitative estimate of drug-likeness (QED) is 0.799. The summed E-state index contributed by atoms with van der Waals surface area (Å²) in [6.45, 7) is 5.42. The number of hydrogen-bond acceptors (Lipinski definition) is 4. The van der Waals surface area contributed by atoms with E-state index in [1.807, 2.05) is 55.9 Å². The molecule has 2 aliphatic heterocycles. The van der Waals surface area contributed by atoms with Crippen LogP contribution in [0.4, 0.5) is 0 Å². The van der Waals surface area contributed by atoms with Gasteiger partial charge in [-0.2, -0.15) is 5.10 Å². The maximum Gasteiger partial charge on any atom is 0.222 e. The van der Waals surface area contributed by atoms with Gasteiger partial charge in [0.2, 0.25) is 11.8 Å². The van der Waals surface area contributed by atoms with Crippen molar-refractivity contribution in [2.45, 2.75) is 70.6 Å². The standard InChI is InChI=1S/C24H32N4O3/c1-17-15-18(2)28(26-17)13-6-9-22(29)25-20-16-24(11-10-23(30)27(3)14-12-24)31-21-8-5-4-7-19(20)21/h4-5,7-8,15,20H,6,9-14,16H2,1-3H3,(H,25,29)/t20-,24+/m0/s1. The molecule has 0 aliphatic carbocycles. The Kier molecular flexibility index (Phi) is 6.03. The molecule has 166 valence electrons. The second kappa shape index (κ2) is 8.73. The highest BCUT2D eigenvalue weighted by atomic mass is 16.5. The van der Waals surface area contributed by atoms with Crippen molar-refractivity contribution in [3.8, 4) is 5.75 Å². The van der Waals surface area contributed by atoms with E-state index < -0.39 is 5.60 Å². The van der Waals surface area contributed by atoms with Crippen LogP contribution in [0.3, 0.4) is 0 Å². The third kappa shape index (κ3) is 4.75. The van der Waals surface area contributed by atoms with E-state index in [0.29, 0.717) is 32.2 Å². The molecule has 4 rings (SSSR count). The summed E-state index contributed by atoms with van der Waals surface area (Å²) in [5.41, 5.74) is 2.71. The molecule has 3 heterocycles. The average Bonchev–Trinajstić information content (AvgIpc) is 3.00. The molecule has 2 aromatic rings. The Morgan fingerprint density at radius 3 is 2.87 bits per heavy atom. The number of ether oxygens (including phenoxy) is 1. The SMILES string of the molecule is Cc1cc(C)n(CCCC(=O)N[C@H]2C[C@]3(CCC(=O)N(C)CC3)Oc3ccccc32)n1. The number of carbonyl (C=O) groups excluding carboxylic acids is 2. The van der Waals surface area contributed by atoms with Crippen LogP contribution in [0.25, 0.3) is 0 Å². The summed E-state index contributed by atoms with van der Waals surface area (Å²) in [6, 6.07) is 9.87. The summed E-state index contributed by atoms with van der Waals surface area (Å²) in [7, 11) is 1.85. The maximum atomic E-state index is 12.8. The first-order chi connectivity index (χ1) is 14.8. The molecule has 1 aromatic heterocycles. The van der Waals surface area contributed by atoms with E-state index >= 15 is 0 Å². The highest BCUT2D eigenvalue weighted by molar-refractivity contribution is 5.77. The number of aryl methyl sites for hydroxylation is 3. The number of rotatable bonds is 5. The third-order valence-electron chi connectivity index (χ3n) is 6.53. The van der Waals surface area contributed by atoms with Crippen molar-refractivity contribution < 1.29 is 14.3 Å². The van der Waals surface area contributed by atoms with E-state index in [1.165, 1.54) is 0 Å². The number of hydrogen-bond donors (Lipinski definition) is 1. The maximum absolute atomic E-state index is 12.8. The molecule has 1 N–H and O–H groups in total. The van der Waals surface area contributed by atoms with Gasteiger partial charge in [0.15, 0.2) is 0 Å². The van der Waals surface area contributed by atoms with Gasteiger partial charge in [-0.1, -0.05) is 18.2 Å². The van der Waals surface area contributed by atoms with Gasteiger partial charge in [0, 0.05) is 57.1 Å². The molecule has 2 atom stereocenters. The van der Waals surface area contributed by atoms with Crippen molar-refractivity contribution in [3.05, 3.63) is 47.3 Å². The van der Waals surface area contributed by atoms with Crippen LogP contribution in [0.2, 0.25) is 0 Å². The van der Waals surface area contributed by atoms with Crippen LogP contribution < -0.4 is 10.1 Å². The number of carbonyl (C=O) groups is 2. The van der Waals surface area contributed by atoms with Crippen molar-refractivity contribution in [1.82, 2.24) is 20.0 Å². The Hall–Kier alpha value is -2.83. The van der Waals surface area contributed by atoms with E-state index in [1.54, 1.807) is 4.90 Å². The van der Waals surface area contributed by atoms with Crippen molar-refractivity contribution in [2.75, 3.05) is 13.6 Å². The number of nitrogens with one attached hydrogen (secondary N) is 1. The van der Waals surface area contributed by atoms with E-state index in [2.05, 4.69) is 10.4 Å². The average molecular weight is 425 g/mol. The van der Waals surface area contributed by atoms with Gasteiger partial charge in [0.05, 0.1) is 11.7 Å². The Balaban J connectivity index is 1.43. The molecule has 0 saturated carbocycles. The first-order valence-electron chi connectivity index (χ1n) is 11.2. The highest BCUT2D eigenvalue weighted by Gasteiger charge is 2.43. The zero-order chi connectivity index (χ0) is 22.0. The van der Waals surface area contributed by atoms with Gasteiger partial charge in [0.25, 0.3) is 0 Å². The summed E-state index contributed by atoms with van der Waals surface area (Å²) in [5.74, 6) is 1.02. The first-order valence-corrected chi connectivity index (χ1v) is 11.2. The lowest BCUT2D eigenvalue weighted by Gasteiger charge is -2.42. The van der Waals surface area contributed by atoms with Crippen molar-refractivity contribution >= 4 is 11.8 Å². The van der Waals surface area contributed by atoms with Crippen molar-refractivity contribution in [1.29, 1.82) is 0 Å². The fourth-order valence-corrected chi connectivity index (χ4v) is 4.76. The molecule has 31 heavy (non-hydrogen) atoms. The number of amides is 2. The van der Waals surface area contributed by atoms with Crippen LogP contribution in [0.1, 0.15) is 61.5 Å². The minimum Gasteiger partial charge on any atom is -0.487 e. The molecule has 0 radical (unpaired) electrons. The number of aromatic nitrogens is 2. The summed E-state index contributed by atoms with van der Waals surface area (Å²) >= 11 is 0. The topological polar surface area (TPSA) is 76.5 Å². The lowest BCUT2D eigenvalue weighted by atomic mass is 9.82. The molecule has 1 fully saturated rings. The number of nitrogens with zero attached hydrogens (tertiary/aromatic N) is 3. The monoisotopic (exact) mass is 424 g/mol. The molecule has 2 aliphatic rings. The molecule has 1 saturated heterocycles. The van der Waals surface area contributed by atoms with Crippen LogP contribution >= 0.6 is 0 Å². The first kappa shape index (κ1) is 21.4. The van der Waals surface area contributed by atoms with Crippen molar-refractivity contribution in [3.63, 3.8) is 0 Å². The number of para-hydroxylation sites is 1. The lowest BCUT2D eigenvalue weighted by Crippen LogP contribution is -2.45. The second-order valence-corrected chi connectivity index (χ2v) is 8.97. The number of fused-ring (bicyclic) bond motifs is 1. The largest absolute Gasteiger partial charge is 0.487 e. The number of benzene rings is 1. The van der Waals surface area contributed by atoms with E-state index in [9.17, 15) is 9.59 Å². The second-order valence-electron chi connectivity index (χ2n) is 8.97. The molecule has 0 bridgehead atoms. The molecule has 0 unspecified atom stereocenters. The fourth-order valence-electron chi connectivity index (χ4n) is 4.76. The molecular weight excluding hydrogens is 392 g/mol. The number of likely N-dealkylation sites (tertiary alicyclic amines) is 1. The zero-order valence-corrected chi connectivity index (χ0v) is 18.7. The summed E-state index contributed by atoms with van der Waals surface area (Å²) in [5, 5.41) is 7.72. The Morgan fingerprint density at radius 2 is 2.10 bits per heavy atom. The third-order valence-corrected chi connectivity index (χ3v) is 6.53. The molecule has 1 aromatic carbocycles. The summed E-state index contributed by atoms with van der Waals surface area (Å²) in [4.78, 5) is 26.8. The molecule has 7 nitrogen and oxygen atoms in total. The van der Waals surface area contributed by atoms with Gasteiger partial charge in [-0.3, -0.25) is 14.3 Å². The van der Waals surface area contributed by atoms with Crippen molar-refractivity contribution in [2.24, 2.45) is 0 Å². The van der Waals surface area contributed by atoms with Crippen LogP contribution in [0.5, 0.6) is 5.75 Å². The Labute approximate surface area is 183 Å². The Morgan fingerprint density at radius 1 is 1.29 bits per heavy atom. The fraction of sp³-hybridized carbons (Fsp3) is 0.542. The Bertz CT molecular complexity index is 969. The highest BCUT2D eigenvalue weighted by Crippen LogP contribution is 2.44. The smallest absolute Gasteiger partial charge is 0.222 e. The zero-order valence-electron chi connectivity index (χ0n) is 18.7. The molecule has 1 spiro atoms. The van der Waals surface area contributed by atoms with Crippen LogP contribution in [-0.2, 0) is 16.1 Å². The van der Waals surface area contributed by atoms with Gasteiger partial charge in [-0.25, -0.2) is 0 Å². The van der Waals surface area contributed by atoms with E-state index in [4.69, 9.17) is 4.74 Å². The lowest BCUT2D eigenvalue weighted by molar-refractivity contribution is -0.129. The van der Waals surface area contributed by atoms with Gasteiger partial charge >= 0.3 is 0 Å². The van der Waals surface area contributed by atoms with Crippen LogP contribution in [0.15, 0.2) is 30.3 Å². The predicted octanol–water partition coefficient (Wildman–Crippen LogP) is 3.30. The van der Waals surface area contributed by atoms with E-state index in [-0.39, 0.29) is 17.9 Å². The van der Waals surface area contributed by atoms with E-state index in [0.717, 1.165) is 42.1 Å². The van der Waals surface area contributed by atoms with Crippen LogP contribution in [-0.4, -0.2) is 45.7 Å². The van der Waals surface area contributed by atoms with Gasteiger partial charge in [0.1, 0.15) is 11.4 Å². The van der Waals surface area contributed by atoms with Crippen LogP contribution in [0, 0.1) is 13.8 Å². The molecular formula is C24H32N4O3. The molecule has 2 amide bonds. The minimum atomic E-state index is -0.420.